The summed E-state index contributed by atoms with van der Waals surface area (Å²) < 4.78 is 5.29. The molecule has 0 aliphatic carbocycles. The molecule has 2 N–H and O–H groups in total. The first-order valence-corrected chi connectivity index (χ1v) is 7.96. The van der Waals surface area contributed by atoms with Crippen LogP contribution >= 0.6 is 23.4 Å². The van der Waals surface area contributed by atoms with E-state index < -0.39 is 0 Å². The van der Waals surface area contributed by atoms with Gasteiger partial charge >= 0.3 is 0 Å². The lowest BCUT2D eigenvalue weighted by atomic mass is 10.1. The van der Waals surface area contributed by atoms with Crippen molar-refractivity contribution in [3.8, 4) is 0 Å². The van der Waals surface area contributed by atoms with Gasteiger partial charge in [-0.2, -0.15) is 4.98 Å². The second kappa shape index (κ2) is 7.67. The summed E-state index contributed by atoms with van der Waals surface area (Å²) in [5.41, 5.74) is 5.50. The number of benzene rings is 1. The molecule has 1 atom stereocenters. The summed E-state index contributed by atoms with van der Waals surface area (Å²) in [4.78, 5) is 5.57. The van der Waals surface area contributed by atoms with Crippen LogP contribution in [0.1, 0.15) is 37.4 Å². The van der Waals surface area contributed by atoms with Crippen molar-refractivity contribution >= 4 is 23.4 Å². The highest BCUT2D eigenvalue weighted by Gasteiger charge is 2.13. The molecule has 1 aromatic heterocycles. The Balaban J connectivity index is 1.87. The SMILES string of the molecule is CC(CCCN)c1nc(CSc2ccc(Cl)cc2)no1. The zero-order chi connectivity index (χ0) is 14.4. The van der Waals surface area contributed by atoms with Gasteiger partial charge in [0, 0.05) is 15.8 Å². The van der Waals surface area contributed by atoms with Crippen LogP contribution in [0.4, 0.5) is 0 Å². The third kappa shape index (κ3) is 4.51. The van der Waals surface area contributed by atoms with Gasteiger partial charge in [0.2, 0.25) is 5.89 Å². The third-order valence-electron chi connectivity index (χ3n) is 2.93. The Morgan fingerprint density at radius 2 is 2.10 bits per heavy atom. The van der Waals surface area contributed by atoms with E-state index in [1.165, 1.54) is 0 Å². The summed E-state index contributed by atoms with van der Waals surface area (Å²) >= 11 is 7.51. The van der Waals surface area contributed by atoms with Crippen LogP contribution in [0, 0.1) is 0 Å². The molecule has 0 saturated carbocycles. The van der Waals surface area contributed by atoms with Crippen molar-refractivity contribution in [1.29, 1.82) is 0 Å². The number of aromatic nitrogens is 2. The molecule has 0 amide bonds. The fourth-order valence-corrected chi connectivity index (χ4v) is 2.62. The zero-order valence-electron chi connectivity index (χ0n) is 11.4. The maximum Gasteiger partial charge on any atom is 0.229 e. The molecule has 2 aromatic rings. The van der Waals surface area contributed by atoms with E-state index in [-0.39, 0.29) is 5.92 Å². The second-order valence-corrected chi connectivity index (χ2v) is 6.11. The standard InChI is InChI=1S/C14H18ClN3OS/c1-10(3-2-8-16)14-17-13(18-19-14)9-20-12-6-4-11(15)5-7-12/h4-7,10H,2-3,8-9,16H2,1H3. The predicted molar refractivity (Wildman–Crippen MR) is 82.0 cm³/mol. The van der Waals surface area contributed by atoms with E-state index in [4.69, 9.17) is 21.9 Å². The first-order valence-electron chi connectivity index (χ1n) is 6.60. The highest BCUT2D eigenvalue weighted by Crippen LogP contribution is 2.24. The molecule has 4 nitrogen and oxygen atoms in total. The molecule has 1 aromatic carbocycles. The molecule has 0 aliphatic rings. The van der Waals surface area contributed by atoms with Gasteiger partial charge in [0.1, 0.15) is 0 Å². The van der Waals surface area contributed by atoms with E-state index in [0.29, 0.717) is 18.2 Å². The number of hydrogen-bond donors (Lipinski definition) is 1. The topological polar surface area (TPSA) is 64.9 Å². The Bertz CT molecular complexity index is 529. The van der Waals surface area contributed by atoms with Gasteiger partial charge in [-0.25, -0.2) is 0 Å². The van der Waals surface area contributed by atoms with Crippen LogP contribution in [0.5, 0.6) is 0 Å². The number of hydrogen-bond acceptors (Lipinski definition) is 5. The smallest absolute Gasteiger partial charge is 0.229 e. The fraction of sp³-hybridized carbons (Fsp3) is 0.429. The molecule has 20 heavy (non-hydrogen) atoms. The number of thioether (sulfide) groups is 1. The average Bonchev–Trinajstić information content (AvgIpc) is 2.93. The molecule has 0 saturated heterocycles. The van der Waals surface area contributed by atoms with Gasteiger partial charge < -0.3 is 10.3 Å². The zero-order valence-corrected chi connectivity index (χ0v) is 13.0. The number of nitrogens with two attached hydrogens (primary N) is 1. The Morgan fingerprint density at radius 3 is 2.80 bits per heavy atom. The highest BCUT2D eigenvalue weighted by atomic mass is 35.5. The maximum atomic E-state index is 5.85. The quantitative estimate of drug-likeness (QED) is 0.787. The largest absolute Gasteiger partial charge is 0.339 e. The summed E-state index contributed by atoms with van der Waals surface area (Å²) in [5.74, 6) is 2.37. The van der Waals surface area contributed by atoms with Crippen molar-refractivity contribution in [2.24, 2.45) is 5.73 Å². The van der Waals surface area contributed by atoms with Gasteiger partial charge in [0.15, 0.2) is 5.82 Å². The molecule has 6 heteroatoms. The van der Waals surface area contributed by atoms with Gasteiger partial charge in [-0.3, -0.25) is 0 Å². The van der Waals surface area contributed by atoms with Gasteiger partial charge in [-0.1, -0.05) is 23.7 Å². The second-order valence-electron chi connectivity index (χ2n) is 4.62. The summed E-state index contributed by atoms with van der Waals surface area (Å²) in [7, 11) is 0. The highest BCUT2D eigenvalue weighted by molar-refractivity contribution is 7.98. The van der Waals surface area contributed by atoms with E-state index in [2.05, 4.69) is 17.1 Å². The molecule has 0 fully saturated rings. The van der Waals surface area contributed by atoms with E-state index >= 15 is 0 Å². The van der Waals surface area contributed by atoms with Crippen molar-refractivity contribution in [2.45, 2.75) is 36.3 Å². The first-order chi connectivity index (χ1) is 9.69. The summed E-state index contributed by atoms with van der Waals surface area (Å²) in [5, 5.41) is 4.75. The lowest BCUT2D eigenvalue weighted by Crippen LogP contribution is -2.02. The van der Waals surface area contributed by atoms with Crippen LogP contribution in [-0.4, -0.2) is 16.7 Å². The number of halogens is 1. The van der Waals surface area contributed by atoms with Crippen LogP contribution in [0.15, 0.2) is 33.7 Å². The summed E-state index contributed by atoms with van der Waals surface area (Å²) in [6, 6.07) is 7.72. The molecular formula is C14H18ClN3OS. The van der Waals surface area contributed by atoms with Crippen LogP contribution < -0.4 is 5.73 Å². The van der Waals surface area contributed by atoms with Crippen molar-refractivity contribution < 1.29 is 4.52 Å². The van der Waals surface area contributed by atoms with E-state index in [0.717, 1.165) is 28.6 Å². The van der Waals surface area contributed by atoms with Crippen LogP contribution in [0.3, 0.4) is 0 Å². The van der Waals surface area contributed by atoms with Crippen molar-refractivity contribution in [1.82, 2.24) is 10.1 Å². The maximum absolute atomic E-state index is 5.85. The Labute approximate surface area is 128 Å². The van der Waals surface area contributed by atoms with Crippen LogP contribution in [0.25, 0.3) is 0 Å². The first kappa shape index (κ1) is 15.4. The molecular weight excluding hydrogens is 294 g/mol. The van der Waals surface area contributed by atoms with Crippen LogP contribution in [-0.2, 0) is 5.75 Å². The molecule has 1 unspecified atom stereocenters. The van der Waals surface area contributed by atoms with Gasteiger partial charge in [-0.15, -0.1) is 11.8 Å². The van der Waals surface area contributed by atoms with Crippen LogP contribution in [0.2, 0.25) is 5.02 Å². The van der Waals surface area contributed by atoms with E-state index in [1.807, 2.05) is 24.3 Å². The van der Waals surface area contributed by atoms with Gasteiger partial charge in [-0.05, 0) is 43.7 Å². The molecule has 0 spiro atoms. The van der Waals surface area contributed by atoms with Gasteiger partial charge in [0.25, 0.3) is 0 Å². The number of rotatable bonds is 7. The number of nitrogens with zero attached hydrogens (tertiary/aromatic N) is 2. The summed E-state index contributed by atoms with van der Waals surface area (Å²) in [6.07, 6.45) is 1.95. The monoisotopic (exact) mass is 311 g/mol. The molecule has 0 radical (unpaired) electrons. The molecule has 108 valence electrons. The molecule has 0 bridgehead atoms. The lowest BCUT2D eigenvalue weighted by Gasteiger charge is -2.03. The predicted octanol–water partition coefficient (Wildman–Crippen LogP) is 3.86. The minimum absolute atomic E-state index is 0.264. The van der Waals surface area contributed by atoms with Crippen molar-refractivity contribution in [3.05, 3.63) is 41.0 Å². The Kier molecular flexibility index (Phi) is 5.88. The Morgan fingerprint density at radius 1 is 1.35 bits per heavy atom. The lowest BCUT2D eigenvalue weighted by molar-refractivity contribution is 0.349. The fourth-order valence-electron chi connectivity index (χ4n) is 1.75. The summed E-state index contributed by atoms with van der Waals surface area (Å²) in [6.45, 7) is 2.77. The van der Waals surface area contributed by atoms with E-state index in [1.54, 1.807) is 11.8 Å². The third-order valence-corrected chi connectivity index (χ3v) is 4.19. The van der Waals surface area contributed by atoms with Crippen molar-refractivity contribution in [3.63, 3.8) is 0 Å². The molecule has 1 heterocycles. The van der Waals surface area contributed by atoms with E-state index in [9.17, 15) is 0 Å². The molecule has 2 rings (SSSR count). The van der Waals surface area contributed by atoms with Crippen molar-refractivity contribution in [2.75, 3.05) is 6.54 Å². The molecule has 0 aliphatic heterocycles. The Hall–Kier alpha value is -1.04. The minimum atomic E-state index is 0.264. The minimum Gasteiger partial charge on any atom is -0.339 e. The normalized spacial score (nSPS) is 12.6. The average molecular weight is 312 g/mol. The van der Waals surface area contributed by atoms with Gasteiger partial charge in [0.05, 0.1) is 5.75 Å².